The Morgan fingerprint density at radius 3 is 2.35 bits per heavy atom. The van der Waals surface area contributed by atoms with Crippen LogP contribution >= 0.6 is 11.6 Å². The van der Waals surface area contributed by atoms with Crippen LogP contribution in [0, 0.1) is 5.92 Å². The molecule has 6 nitrogen and oxygen atoms in total. The minimum absolute atomic E-state index is 0.316. The van der Waals surface area contributed by atoms with Crippen LogP contribution in [0.4, 0.5) is 11.4 Å². The van der Waals surface area contributed by atoms with E-state index in [4.69, 9.17) is 21.2 Å². The fourth-order valence-corrected chi connectivity index (χ4v) is 4.43. The number of fused-ring (bicyclic) bond motifs is 1. The first-order chi connectivity index (χ1) is 15.1. The summed E-state index contributed by atoms with van der Waals surface area (Å²) in [5.74, 6) is -0.761. The molecule has 31 heavy (non-hydrogen) atoms. The normalized spacial score (nSPS) is 22.7. The molecule has 2 aliphatic rings. The molecular weight excluding hydrogens is 416 g/mol. The lowest BCUT2D eigenvalue weighted by atomic mass is 9.90. The fraction of sp³-hybridized carbons (Fsp3) is 0.167. The topological polar surface area (TPSA) is 59.1 Å². The van der Waals surface area contributed by atoms with Gasteiger partial charge in [0.2, 0.25) is 5.91 Å². The molecule has 2 amide bonds. The SMILES string of the molecule is COc1cccc([C@@H]2[C@H]3C(=O)N(c4cccc(Cl)c4)C(=O)[C@H]3ON2c2ccccc2)c1. The highest BCUT2D eigenvalue weighted by Gasteiger charge is 2.60. The maximum atomic E-state index is 13.5. The van der Waals surface area contributed by atoms with Crippen LogP contribution in [-0.2, 0) is 14.4 Å². The predicted octanol–water partition coefficient (Wildman–Crippen LogP) is 4.40. The number of amides is 2. The number of ether oxygens (including phenoxy) is 1. The van der Waals surface area contributed by atoms with E-state index in [0.29, 0.717) is 16.5 Å². The van der Waals surface area contributed by atoms with E-state index in [1.54, 1.807) is 36.4 Å². The van der Waals surface area contributed by atoms with E-state index in [9.17, 15) is 9.59 Å². The first kappa shape index (κ1) is 19.6. The highest BCUT2D eigenvalue weighted by atomic mass is 35.5. The summed E-state index contributed by atoms with van der Waals surface area (Å²) in [6.45, 7) is 0. The lowest BCUT2D eigenvalue weighted by Gasteiger charge is -2.29. The third kappa shape index (κ3) is 3.24. The Balaban J connectivity index is 1.60. The molecule has 3 aromatic rings. The minimum atomic E-state index is -0.928. The number of halogens is 1. The molecule has 0 bridgehead atoms. The lowest BCUT2D eigenvalue weighted by molar-refractivity contribution is -0.126. The van der Waals surface area contributed by atoms with Crippen molar-refractivity contribution in [3.63, 3.8) is 0 Å². The summed E-state index contributed by atoms with van der Waals surface area (Å²) in [6, 6.07) is 23.1. The molecule has 2 aliphatic heterocycles. The summed E-state index contributed by atoms with van der Waals surface area (Å²) in [5, 5.41) is 2.11. The Hall–Kier alpha value is -3.35. The van der Waals surface area contributed by atoms with Crippen molar-refractivity contribution in [1.29, 1.82) is 0 Å². The van der Waals surface area contributed by atoms with Gasteiger partial charge in [-0.25, -0.2) is 9.96 Å². The predicted molar refractivity (Wildman–Crippen MR) is 117 cm³/mol. The van der Waals surface area contributed by atoms with Gasteiger partial charge in [-0.15, -0.1) is 0 Å². The zero-order valence-corrected chi connectivity index (χ0v) is 17.4. The summed E-state index contributed by atoms with van der Waals surface area (Å²) >= 11 is 6.10. The number of hydrogen-bond acceptors (Lipinski definition) is 5. The largest absolute Gasteiger partial charge is 0.497 e. The average Bonchev–Trinajstić information content (AvgIpc) is 3.30. The molecule has 0 N–H and O–H groups in total. The molecule has 2 heterocycles. The quantitative estimate of drug-likeness (QED) is 0.570. The maximum Gasteiger partial charge on any atom is 0.266 e. The number of benzene rings is 3. The van der Waals surface area contributed by atoms with Gasteiger partial charge in [0.15, 0.2) is 6.10 Å². The molecule has 3 aromatic carbocycles. The van der Waals surface area contributed by atoms with Crippen LogP contribution < -0.4 is 14.7 Å². The van der Waals surface area contributed by atoms with Crippen LogP contribution in [0.3, 0.4) is 0 Å². The van der Waals surface area contributed by atoms with Gasteiger partial charge in [-0.05, 0) is 48.0 Å². The smallest absolute Gasteiger partial charge is 0.266 e. The summed E-state index contributed by atoms with van der Waals surface area (Å²) in [6.07, 6.45) is -0.928. The maximum absolute atomic E-state index is 13.5. The molecule has 7 heteroatoms. The van der Waals surface area contributed by atoms with Crippen LogP contribution in [0.1, 0.15) is 11.6 Å². The molecule has 0 unspecified atom stereocenters. The molecule has 2 saturated heterocycles. The fourth-order valence-electron chi connectivity index (χ4n) is 4.25. The number of carbonyl (C=O) groups excluding carboxylic acids is 2. The second-order valence-electron chi connectivity index (χ2n) is 7.43. The van der Waals surface area contributed by atoms with Crippen LogP contribution in [0.25, 0.3) is 0 Å². The van der Waals surface area contributed by atoms with Gasteiger partial charge in [0.1, 0.15) is 11.7 Å². The first-order valence-electron chi connectivity index (χ1n) is 9.87. The van der Waals surface area contributed by atoms with Crippen molar-refractivity contribution in [2.45, 2.75) is 12.1 Å². The van der Waals surface area contributed by atoms with E-state index in [0.717, 1.165) is 11.3 Å². The van der Waals surface area contributed by atoms with Crippen molar-refractivity contribution in [1.82, 2.24) is 0 Å². The number of carbonyl (C=O) groups is 2. The molecule has 2 fully saturated rings. The zero-order valence-electron chi connectivity index (χ0n) is 16.6. The number of imide groups is 1. The molecule has 3 atom stereocenters. The number of hydrogen-bond donors (Lipinski definition) is 0. The number of rotatable bonds is 4. The number of nitrogens with zero attached hydrogens (tertiary/aromatic N) is 2. The first-order valence-corrected chi connectivity index (χ1v) is 10.2. The van der Waals surface area contributed by atoms with Gasteiger partial charge in [0.05, 0.1) is 24.5 Å². The number of para-hydroxylation sites is 1. The van der Waals surface area contributed by atoms with Gasteiger partial charge in [-0.3, -0.25) is 14.4 Å². The molecular formula is C24H19ClN2O4. The number of methoxy groups -OCH3 is 1. The second-order valence-corrected chi connectivity index (χ2v) is 7.86. The van der Waals surface area contributed by atoms with Gasteiger partial charge >= 0.3 is 0 Å². The lowest BCUT2D eigenvalue weighted by Crippen LogP contribution is -2.37. The molecule has 0 spiro atoms. The van der Waals surface area contributed by atoms with Crippen molar-refractivity contribution in [3.8, 4) is 5.75 Å². The van der Waals surface area contributed by atoms with Gasteiger partial charge in [0, 0.05) is 5.02 Å². The van der Waals surface area contributed by atoms with Crippen LogP contribution in [0.15, 0.2) is 78.9 Å². The molecule has 0 aliphatic carbocycles. The van der Waals surface area contributed by atoms with Crippen molar-refractivity contribution in [3.05, 3.63) is 89.4 Å². The van der Waals surface area contributed by atoms with E-state index in [1.165, 1.54) is 4.90 Å². The monoisotopic (exact) mass is 434 g/mol. The molecule has 0 saturated carbocycles. The van der Waals surface area contributed by atoms with Crippen LogP contribution in [0.2, 0.25) is 5.02 Å². The Morgan fingerprint density at radius 2 is 1.61 bits per heavy atom. The van der Waals surface area contributed by atoms with E-state index in [1.807, 2.05) is 54.6 Å². The van der Waals surface area contributed by atoms with Crippen molar-refractivity contribution >= 4 is 34.8 Å². The van der Waals surface area contributed by atoms with Gasteiger partial charge in [-0.1, -0.05) is 48.0 Å². The molecule has 5 rings (SSSR count). The van der Waals surface area contributed by atoms with Crippen LogP contribution in [0.5, 0.6) is 5.75 Å². The van der Waals surface area contributed by atoms with Gasteiger partial charge < -0.3 is 4.74 Å². The van der Waals surface area contributed by atoms with E-state index < -0.39 is 24.0 Å². The third-order valence-corrected chi connectivity index (χ3v) is 5.86. The zero-order chi connectivity index (χ0) is 21.5. The highest BCUT2D eigenvalue weighted by Crippen LogP contribution is 2.48. The standard InChI is InChI=1S/C24H19ClN2O4/c1-30-19-12-5-7-15(13-19)21-20-22(31-27(21)17-9-3-2-4-10-17)24(29)26(23(20)28)18-11-6-8-16(25)14-18/h2-14,20-22H,1H3/t20-,21-,22+/m1/s1. The van der Waals surface area contributed by atoms with Crippen LogP contribution in [-0.4, -0.2) is 25.0 Å². The Kier molecular flexibility index (Phi) is 4.88. The Bertz CT molecular complexity index is 1150. The minimum Gasteiger partial charge on any atom is -0.497 e. The second kappa shape index (κ2) is 7.72. The Labute approximate surface area is 184 Å². The van der Waals surface area contributed by atoms with Crippen molar-refractivity contribution in [2.75, 3.05) is 17.1 Å². The number of anilines is 2. The summed E-state index contributed by atoms with van der Waals surface area (Å²) in [5.41, 5.74) is 2.03. The summed E-state index contributed by atoms with van der Waals surface area (Å²) in [4.78, 5) is 34.1. The molecule has 0 aromatic heterocycles. The summed E-state index contributed by atoms with van der Waals surface area (Å²) < 4.78 is 5.38. The highest BCUT2D eigenvalue weighted by molar-refractivity contribution is 6.31. The van der Waals surface area contributed by atoms with Gasteiger partial charge in [-0.2, -0.15) is 0 Å². The third-order valence-electron chi connectivity index (χ3n) is 5.63. The average molecular weight is 435 g/mol. The molecule has 156 valence electrons. The Morgan fingerprint density at radius 1 is 0.871 bits per heavy atom. The number of hydroxylamine groups is 1. The molecule has 0 radical (unpaired) electrons. The van der Waals surface area contributed by atoms with E-state index in [-0.39, 0.29) is 5.91 Å². The van der Waals surface area contributed by atoms with E-state index >= 15 is 0 Å². The van der Waals surface area contributed by atoms with Crippen molar-refractivity contribution in [2.24, 2.45) is 5.92 Å². The van der Waals surface area contributed by atoms with Crippen molar-refractivity contribution < 1.29 is 19.2 Å². The van der Waals surface area contributed by atoms with E-state index in [2.05, 4.69) is 0 Å². The summed E-state index contributed by atoms with van der Waals surface area (Å²) in [7, 11) is 1.59. The van der Waals surface area contributed by atoms with Gasteiger partial charge in [0.25, 0.3) is 5.91 Å².